The molecule has 0 aromatic heterocycles. The van der Waals surface area contributed by atoms with Crippen molar-refractivity contribution >= 4 is 41.7 Å². The molecule has 0 radical (unpaired) electrons. The summed E-state index contributed by atoms with van der Waals surface area (Å²) in [5.74, 6) is 0.917. The minimum Gasteiger partial charge on any atom is -0.357 e. The lowest BCUT2D eigenvalue weighted by Crippen LogP contribution is -2.44. The summed E-state index contributed by atoms with van der Waals surface area (Å²) in [5.41, 5.74) is 2.59. The van der Waals surface area contributed by atoms with Gasteiger partial charge < -0.3 is 15.5 Å². The van der Waals surface area contributed by atoms with Crippen LogP contribution < -0.4 is 10.6 Å². The van der Waals surface area contributed by atoms with Crippen molar-refractivity contribution in [1.82, 2.24) is 15.5 Å². The molecule has 24 heavy (non-hydrogen) atoms. The molecule has 1 aliphatic heterocycles. The van der Waals surface area contributed by atoms with E-state index in [0.717, 1.165) is 19.0 Å². The average molecular weight is 462 g/mol. The van der Waals surface area contributed by atoms with Gasteiger partial charge in [0.2, 0.25) is 0 Å². The van der Waals surface area contributed by atoms with E-state index in [1.807, 2.05) is 0 Å². The van der Waals surface area contributed by atoms with Crippen LogP contribution in [0.2, 0.25) is 0 Å². The van der Waals surface area contributed by atoms with Crippen molar-refractivity contribution in [2.24, 2.45) is 4.99 Å². The number of guanidine groups is 1. The molecule has 0 saturated carbocycles. The number of halogens is 1. The van der Waals surface area contributed by atoms with Crippen LogP contribution in [-0.2, 0) is 6.54 Å². The molecule has 0 spiro atoms. The number of nitrogens with zero attached hydrogens (tertiary/aromatic N) is 2. The van der Waals surface area contributed by atoms with E-state index < -0.39 is 0 Å². The molecular formula is C18H31IN4S. The minimum atomic E-state index is 0. The number of aliphatic imine (C=N–C) groups is 1. The highest BCUT2D eigenvalue weighted by molar-refractivity contribution is 14.0. The van der Waals surface area contributed by atoms with Crippen LogP contribution in [0.15, 0.2) is 28.1 Å². The molecule has 2 N–H and O–H groups in total. The van der Waals surface area contributed by atoms with Gasteiger partial charge in [-0.15, -0.1) is 35.7 Å². The number of thioether (sulfide) groups is 1. The summed E-state index contributed by atoms with van der Waals surface area (Å²) in [6, 6.07) is 7.22. The number of rotatable bonds is 6. The van der Waals surface area contributed by atoms with Gasteiger partial charge in [0.25, 0.3) is 0 Å². The Morgan fingerprint density at radius 3 is 2.79 bits per heavy atom. The third kappa shape index (κ3) is 6.44. The second-order valence-corrected chi connectivity index (χ2v) is 7.02. The zero-order chi connectivity index (χ0) is 16.7. The Morgan fingerprint density at radius 1 is 1.38 bits per heavy atom. The Hall–Kier alpha value is -0.470. The van der Waals surface area contributed by atoms with Crippen LogP contribution in [0.3, 0.4) is 0 Å². The first-order valence-corrected chi connectivity index (χ1v) is 9.72. The molecule has 4 nitrogen and oxygen atoms in total. The van der Waals surface area contributed by atoms with Crippen molar-refractivity contribution in [3.63, 3.8) is 0 Å². The first kappa shape index (κ1) is 21.6. The molecule has 1 heterocycles. The van der Waals surface area contributed by atoms with Crippen molar-refractivity contribution in [3.05, 3.63) is 29.3 Å². The fourth-order valence-electron chi connectivity index (χ4n) is 2.94. The van der Waals surface area contributed by atoms with Gasteiger partial charge in [0, 0.05) is 24.0 Å². The number of likely N-dealkylation sites (N-methyl/N-ethyl adjacent to an activating group) is 1. The minimum absolute atomic E-state index is 0. The van der Waals surface area contributed by atoms with Crippen molar-refractivity contribution < 1.29 is 0 Å². The number of benzene rings is 1. The molecule has 6 heteroatoms. The van der Waals surface area contributed by atoms with Crippen molar-refractivity contribution in [1.29, 1.82) is 0 Å². The second kappa shape index (κ2) is 11.2. The Balaban J connectivity index is 0.00000288. The van der Waals surface area contributed by atoms with Gasteiger partial charge in [0.05, 0.1) is 6.54 Å². The van der Waals surface area contributed by atoms with E-state index in [1.165, 1.54) is 35.4 Å². The topological polar surface area (TPSA) is 39.7 Å². The lowest BCUT2D eigenvalue weighted by Gasteiger charge is -2.21. The molecule has 0 amide bonds. The third-order valence-electron chi connectivity index (χ3n) is 4.37. The number of hydrogen-bond acceptors (Lipinski definition) is 3. The first-order valence-electron chi connectivity index (χ1n) is 8.50. The van der Waals surface area contributed by atoms with Gasteiger partial charge >= 0.3 is 0 Å². The van der Waals surface area contributed by atoms with Crippen molar-refractivity contribution in [2.45, 2.75) is 44.2 Å². The molecule has 0 bridgehead atoms. The Morgan fingerprint density at radius 2 is 2.17 bits per heavy atom. The molecule has 136 valence electrons. The Kier molecular flexibility index (Phi) is 10.1. The van der Waals surface area contributed by atoms with E-state index in [0.29, 0.717) is 12.6 Å². The normalized spacial score (nSPS) is 18.3. The standard InChI is InChI=1S/C18H30N4S.HI/c1-5-19-18(21-13-16-7-6-10-22(16)3)20-12-15-9-8-14(2)11-17(15)23-4;/h8-9,11,16H,5-7,10,12-13H2,1-4H3,(H2,19,20,21);1H. The predicted octanol–water partition coefficient (Wildman–Crippen LogP) is 3.48. The summed E-state index contributed by atoms with van der Waals surface area (Å²) in [4.78, 5) is 8.52. The summed E-state index contributed by atoms with van der Waals surface area (Å²) in [7, 11) is 2.21. The number of nitrogens with one attached hydrogen (secondary N) is 2. The fourth-order valence-corrected chi connectivity index (χ4v) is 3.64. The Labute approximate surface area is 168 Å². The largest absolute Gasteiger partial charge is 0.357 e. The molecule has 1 aromatic rings. The molecule has 2 rings (SSSR count). The van der Waals surface area contributed by atoms with Crippen molar-refractivity contribution in [2.75, 3.05) is 32.9 Å². The molecule has 1 aromatic carbocycles. The highest BCUT2D eigenvalue weighted by Crippen LogP contribution is 2.22. The van der Waals surface area contributed by atoms with Crippen LogP contribution in [0.5, 0.6) is 0 Å². The summed E-state index contributed by atoms with van der Waals surface area (Å²) >= 11 is 1.79. The van der Waals surface area contributed by atoms with Gasteiger partial charge in [0.15, 0.2) is 5.96 Å². The van der Waals surface area contributed by atoms with Gasteiger partial charge in [-0.2, -0.15) is 0 Å². The molecule has 1 fully saturated rings. The van der Waals surface area contributed by atoms with E-state index in [2.05, 4.69) is 60.9 Å². The lowest BCUT2D eigenvalue weighted by atomic mass is 10.1. The maximum Gasteiger partial charge on any atom is 0.191 e. The van der Waals surface area contributed by atoms with Crippen LogP contribution in [-0.4, -0.2) is 49.8 Å². The van der Waals surface area contributed by atoms with Crippen molar-refractivity contribution in [3.8, 4) is 0 Å². The van der Waals surface area contributed by atoms with E-state index in [4.69, 9.17) is 4.99 Å². The SMILES string of the molecule is CCNC(=NCc1ccc(C)cc1SC)NCC1CCCN1C.I. The van der Waals surface area contributed by atoms with Gasteiger partial charge in [-0.05, 0) is 63.7 Å². The average Bonchev–Trinajstić information content (AvgIpc) is 2.96. The molecule has 1 atom stereocenters. The molecule has 1 saturated heterocycles. The highest BCUT2D eigenvalue weighted by Gasteiger charge is 2.20. The van der Waals surface area contributed by atoms with Crippen LogP contribution in [0.1, 0.15) is 30.9 Å². The molecule has 1 aliphatic rings. The summed E-state index contributed by atoms with van der Waals surface area (Å²) in [6.45, 7) is 8.02. The highest BCUT2D eigenvalue weighted by atomic mass is 127. The maximum absolute atomic E-state index is 4.77. The van der Waals surface area contributed by atoms with E-state index in [9.17, 15) is 0 Å². The third-order valence-corrected chi connectivity index (χ3v) is 5.19. The zero-order valence-corrected chi connectivity index (χ0v) is 18.4. The number of likely N-dealkylation sites (tertiary alicyclic amines) is 1. The lowest BCUT2D eigenvalue weighted by molar-refractivity contribution is 0.309. The summed E-state index contributed by atoms with van der Waals surface area (Å²) in [5, 5.41) is 6.86. The molecular weight excluding hydrogens is 431 g/mol. The smallest absolute Gasteiger partial charge is 0.191 e. The molecule has 0 aliphatic carbocycles. The first-order chi connectivity index (χ1) is 11.1. The van der Waals surface area contributed by atoms with Crippen LogP contribution >= 0.6 is 35.7 Å². The second-order valence-electron chi connectivity index (χ2n) is 6.17. The maximum atomic E-state index is 4.77. The summed E-state index contributed by atoms with van der Waals surface area (Å²) < 4.78 is 0. The van der Waals surface area contributed by atoms with Crippen LogP contribution in [0, 0.1) is 6.92 Å². The quantitative estimate of drug-likeness (QED) is 0.294. The number of aryl methyl sites for hydroxylation is 1. The Bertz CT molecular complexity index is 536. The van der Waals surface area contributed by atoms with Gasteiger partial charge in [-0.25, -0.2) is 4.99 Å². The zero-order valence-electron chi connectivity index (χ0n) is 15.3. The van der Waals surface area contributed by atoms with Crippen LogP contribution in [0.4, 0.5) is 0 Å². The van der Waals surface area contributed by atoms with E-state index in [1.54, 1.807) is 11.8 Å². The monoisotopic (exact) mass is 462 g/mol. The van der Waals surface area contributed by atoms with E-state index in [-0.39, 0.29) is 24.0 Å². The van der Waals surface area contributed by atoms with Gasteiger partial charge in [-0.1, -0.05) is 12.1 Å². The van der Waals surface area contributed by atoms with Gasteiger partial charge in [0.1, 0.15) is 0 Å². The number of hydrogen-bond donors (Lipinski definition) is 2. The predicted molar refractivity (Wildman–Crippen MR) is 117 cm³/mol. The fraction of sp³-hybridized carbons (Fsp3) is 0.611. The molecule has 1 unspecified atom stereocenters. The van der Waals surface area contributed by atoms with Crippen LogP contribution in [0.25, 0.3) is 0 Å². The summed E-state index contributed by atoms with van der Waals surface area (Å²) in [6.07, 6.45) is 4.70. The van der Waals surface area contributed by atoms with E-state index >= 15 is 0 Å². The van der Waals surface area contributed by atoms with Gasteiger partial charge in [-0.3, -0.25) is 0 Å².